The number of pyridine rings is 1. The van der Waals surface area contributed by atoms with E-state index in [2.05, 4.69) is 9.72 Å². The number of carbonyl (C=O) groups excluding carboxylic acids is 1. The minimum absolute atomic E-state index is 0.0146. The lowest BCUT2D eigenvalue weighted by molar-refractivity contribution is -0.138. The van der Waals surface area contributed by atoms with Gasteiger partial charge in [0.1, 0.15) is 0 Å². The van der Waals surface area contributed by atoms with Crippen LogP contribution >= 0.6 is 11.8 Å². The fourth-order valence-electron chi connectivity index (χ4n) is 1.96. The van der Waals surface area contributed by atoms with Crippen molar-refractivity contribution in [3.05, 3.63) is 59.1 Å². The zero-order chi connectivity index (χ0) is 17.4. The Kier molecular flexibility index (Phi) is 4.18. The van der Waals surface area contributed by atoms with Gasteiger partial charge in [-0.2, -0.15) is 4.39 Å². The van der Waals surface area contributed by atoms with Crippen LogP contribution in [0, 0.1) is 23.3 Å². The van der Waals surface area contributed by atoms with Crippen LogP contribution in [-0.4, -0.2) is 18.1 Å². The molecule has 1 aliphatic rings. The number of aromatic nitrogens is 1. The molecule has 0 amide bonds. The molecular formula is C15H7F4NO3S. The van der Waals surface area contributed by atoms with Crippen LogP contribution in [-0.2, 0) is 9.53 Å². The molecule has 4 nitrogen and oxygen atoms in total. The highest BCUT2D eigenvalue weighted by Gasteiger charge is 2.36. The van der Waals surface area contributed by atoms with Gasteiger partial charge >= 0.3 is 5.97 Å². The summed E-state index contributed by atoms with van der Waals surface area (Å²) in [4.78, 5) is 15.2. The maximum absolute atomic E-state index is 14.0. The summed E-state index contributed by atoms with van der Waals surface area (Å²) in [7, 11) is 1.05. The number of thioether (sulfide) groups is 1. The van der Waals surface area contributed by atoms with Gasteiger partial charge in [-0.3, -0.25) is 4.98 Å². The first-order valence-corrected chi connectivity index (χ1v) is 7.23. The van der Waals surface area contributed by atoms with Gasteiger partial charge in [-0.1, -0.05) is 17.8 Å². The molecule has 1 aromatic heterocycles. The molecule has 0 radical (unpaired) electrons. The summed E-state index contributed by atoms with van der Waals surface area (Å²) >= 11 is 0.495. The van der Waals surface area contributed by atoms with E-state index in [-0.39, 0.29) is 10.6 Å². The highest BCUT2D eigenvalue weighted by Crippen LogP contribution is 2.49. The number of nitrogens with zero attached hydrogens (tertiary/aromatic N) is 1. The molecule has 0 fully saturated rings. The summed E-state index contributed by atoms with van der Waals surface area (Å²) < 4.78 is 64.3. The Morgan fingerprint density at radius 2 is 1.83 bits per heavy atom. The summed E-state index contributed by atoms with van der Waals surface area (Å²) in [5.74, 6) is -9.78. The highest BCUT2D eigenvalue weighted by atomic mass is 32.2. The number of benzene rings is 1. The van der Waals surface area contributed by atoms with Crippen molar-refractivity contribution in [3.8, 4) is 5.75 Å². The molecule has 0 spiro atoms. The van der Waals surface area contributed by atoms with Gasteiger partial charge in [-0.15, -0.1) is 0 Å². The molecular weight excluding hydrogens is 350 g/mol. The Bertz CT molecular complexity index is 871. The van der Waals surface area contributed by atoms with Crippen LogP contribution in [0.2, 0.25) is 0 Å². The minimum atomic E-state index is -2.03. The number of fused-ring (bicyclic) bond motifs is 1. The van der Waals surface area contributed by atoms with E-state index < -0.39 is 45.6 Å². The van der Waals surface area contributed by atoms with E-state index in [1.807, 2.05) is 0 Å². The van der Waals surface area contributed by atoms with Crippen molar-refractivity contribution in [1.29, 1.82) is 0 Å². The molecule has 0 saturated carbocycles. The molecule has 24 heavy (non-hydrogen) atoms. The number of halogens is 4. The lowest BCUT2D eigenvalue weighted by Gasteiger charge is -2.22. The Labute approximate surface area is 137 Å². The van der Waals surface area contributed by atoms with Crippen LogP contribution < -0.4 is 4.74 Å². The van der Waals surface area contributed by atoms with Gasteiger partial charge in [0, 0.05) is 6.20 Å². The van der Waals surface area contributed by atoms with E-state index in [1.165, 1.54) is 12.3 Å². The molecule has 1 aromatic carbocycles. The zero-order valence-corrected chi connectivity index (χ0v) is 12.7. The summed E-state index contributed by atoms with van der Waals surface area (Å²) in [6, 6.07) is 4.66. The van der Waals surface area contributed by atoms with Crippen LogP contribution in [0.15, 0.2) is 35.1 Å². The SMILES string of the molecule is COC(=O)C1=C(c2ccccn2)Sc2c(F)c(F)c(F)c(F)c2O1. The van der Waals surface area contributed by atoms with Crippen molar-refractivity contribution >= 4 is 22.6 Å². The molecule has 9 heteroatoms. The molecule has 2 aromatic rings. The molecule has 0 saturated heterocycles. The Morgan fingerprint density at radius 1 is 1.12 bits per heavy atom. The average Bonchev–Trinajstić information content (AvgIpc) is 2.63. The smallest absolute Gasteiger partial charge is 0.375 e. The topological polar surface area (TPSA) is 48.4 Å². The van der Waals surface area contributed by atoms with Crippen molar-refractivity contribution in [1.82, 2.24) is 4.98 Å². The molecule has 2 heterocycles. The fraction of sp³-hybridized carbons (Fsp3) is 0.0667. The van der Waals surface area contributed by atoms with Gasteiger partial charge in [0.05, 0.1) is 22.6 Å². The van der Waals surface area contributed by atoms with Crippen LogP contribution in [0.3, 0.4) is 0 Å². The largest absolute Gasteiger partial charge is 0.463 e. The normalized spacial score (nSPS) is 13.4. The van der Waals surface area contributed by atoms with E-state index >= 15 is 0 Å². The molecule has 3 rings (SSSR count). The van der Waals surface area contributed by atoms with Crippen LogP contribution in [0.4, 0.5) is 17.6 Å². The van der Waals surface area contributed by atoms with Gasteiger partial charge < -0.3 is 9.47 Å². The van der Waals surface area contributed by atoms with Gasteiger partial charge in [0.15, 0.2) is 17.4 Å². The maximum Gasteiger partial charge on any atom is 0.375 e. The van der Waals surface area contributed by atoms with Crippen molar-refractivity contribution in [2.75, 3.05) is 7.11 Å². The monoisotopic (exact) mass is 357 g/mol. The number of hydrogen-bond acceptors (Lipinski definition) is 5. The van der Waals surface area contributed by atoms with Crippen LogP contribution in [0.25, 0.3) is 4.91 Å². The van der Waals surface area contributed by atoms with E-state index in [4.69, 9.17) is 4.74 Å². The predicted molar refractivity (Wildman–Crippen MR) is 75.9 cm³/mol. The first-order valence-electron chi connectivity index (χ1n) is 6.41. The maximum atomic E-state index is 14.0. The number of methoxy groups -OCH3 is 1. The quantitative estimate of drug-likeness (QED) is 0.355. The van der Waals surface area contributed by atoms with Gasteiger partial charge in [-0.05, 0) is 12.1 Å². The average molecular weight is 357 g/mol. The van der Waals surface area contributed by atoms with E-state index in [9.17, 15) is 22.4 Å². The van der Waals surface area contributed by atoms with Crippen molar-refractivity contribution in [3.63, 3.8) is 0 Å². The van der Waals surface area contributed by atoms with Crippen LogP contribution in [0.1, 0.15) is 5.69 Å². The lowest BCUT2D eigenvalue weighted by atomic mass is 10.2. The summed E-state index contributed by atoms with van der Waals surface area (Å²) in [5.41, 5.74) is 0.193. The Hall–Kier alpha value is -2.55. The number of rotatable bonds is 2. The number of carbonyl (C=O) groups is 1. The lowest BCUT2D eigenvalue weighted by Crippen LogP contribution is -2.18. The second kappa shape index (κ2) is 6.16. The summed E-state index contributed by atoms with van der Waals surface area (Å²) in [6.07, 6.45) is 1.40. The third-order valence-corrected chi connectivity index (χ3v) is 4.23. The molecule has 0 atom stereocenters. The van der Waals surface area contributed by atoms with E-state index in [0.717, 1.165) is 7.11 Å². The van der Waals surface area contributed by atoms with Gasteiger partial charge in [0.2, 0.25) is 17.4 Å². The third kappa shape index (κ3) is 2.50. The van der Waals surface area contributed by atoms with Gasteiger partial charge in [0.25, 0.3) is 0 Å². The second-order valence-corrected chi connectivity index (χ2v) is 5.50. The first kappa shape index (κ1) is 16.3. The molecule has 0 N–H and O–H groups in total. The minimum Gasteiger partial charge on any atom is -0.463 e. The Morgan fingerprint density at radius 3 is 2.46 bits per heavy atom. The van der Waals surface area contributed by atoms with Crippen molar-refractivity contribution in [2.45, 2.75) is 4.90 Å². The van der Waals surface area contributed by atoms with E-state index in [0.29, 0.717) is 11.8 Å². The van der Waals surface area contributed by atoms with Crippen molar-refractivity contribution in [2.24, 2.45) is 0 Å². The molecule has 0 bridgehead atoms. The number of ether oxygens (including phenoxy) is 2. The molecule has 124 valence electrons. The van der Waals surface area contributed by atoms with E-state index in [1.54, 1.807) is 12.1 Å². The second-order valence-electron chi connectivity index (χ2n) is 4.48. The summed E-state index contributed by atoms with van der Waals surface area (Å²) in [6.45, 7) is 0. The first-order chi connectivity index (χ1) is 11.5. The van der Waals surface area contributed by atoms with Crippen LogP contribution in [0.5, 0.6) is 5.75 Å². The van der Waals surface area contributed by atoms with Crippen molar-refractivity contribution < 1.29 is 31.8 Å². The standard InChI is InChI=1S/C15H7F4NO3S/c1-22-15(21)12-13(6-4-2-3-5-20-6)24-14-10(19)8(17)7(16)9(18)11(14)23-12/h2-5H,1H3. The predicted octanol–water partition coefficient (Wildman–Crippen LogP) is 3.66. The fourth-order valence-corrected chi connectivity index (χ4v) is 3.01. The molecule has 0 unspecified atom stereocenters. The number of hydrogen-bond donors (Lipinski definition) is 0. The third-order valence-electron chi connectivity index (χ3n) is 3.07. The molecule has 1 aliphatic heterocycles. The Balaban J connectivity index is 2.23. The highest BCUT2D eigenvalue weighted by molar-refractivity contribution is 8.08. The summed E-state index contributed by atoms with van der Waals surface area (Å²) in [5, 5.41) is 0. The van der Waals surface area contributed by atoms with Gasteiger partial charge in [-0.25, -0.2) is 18.0 Å². The zero-order valence-electron chi connectivity index (χ0n) is 11.9. The molecule has 0 aliphatic carbocycles. The number of esters is 1.